The van der Waals surface area contributed by atoms with Gasteiger partial charge in [-0.05, 0) is 90.3 Å². The lowest BCUT2D eigenvalue weighted by atomic mass is 9.82. The summed E-state index contributed by atoms with van der Waals surface area (Å²) in [6.45, 7) is 4.71. The van der Waals surface area contributed by atoms with E-state index in [1.165, 1.54) is 76.8 Å². The molecule has 52 heavy (non-hydrogen) atoms. The molecule has 0 spiro atoms. The number of anilines is 3. The summed E-state index contributed by atoms with van der Waals surface area (Å²) in [4.78, 5) is 2.45. The minimum Gasteiger partial charge on any atom is -0.309 e. The Hall–Kier alpha value is -6.44. The number of hydrogen-bond donors (Lipinski definition) is 0. The zero-order valence-corrected chi connectivity index (χ0v) is 29.3. The minimum absolute atomic E-state index is 0.0545. The van der Waals surface area contributed by atoms with E-state index in [0.717, 1.165) is 17.1 Å². The second kappa shape index (κ2) is 11.8. The molecule has 1 aliphatic carbocycles. The molecule has 0 amide bonds. The van der Waals surface area contributed by atoms with Crippen molar-refractivity contribution in [1.29, 1.82) is 0 Å². The highest BCUT2D eigenvalue weighted by Crippen LogP contribution is 2.53. The van der Waals surface area contributed by atoms with E-state index in [2.05, 4.69) is 207 Å². The third-order valence-corrected chi connectivity index (χ3v) is 11.3. The monoisotopic (exact) mass is 663 g/mol. The van der Waals surface area contributed by atoms with Crippen molar-refractivity contribution in [2.75, 3.05) is 4.90 Å². The molecule has 0 bridgehead atoms. The van der Waals surface area contributed by atoms with Crippen molar-refractivity contribution in [3.05, 3.63) is 199 Å². The molecule has 0 saturated carbocycles. The predicted octanol–water partition coefficient (Wildman–Crippen LogP) is 14.3. The Balaban J connectivity index is 1.19. The van der Waals surface area contributed by atoms with E-state index in [9.17, 15) is 0 Å². The third kappa shape index (κ3) is 4.63. The van der Waals surface area contributed by atoms with Crippen LogP contribution >= 0.6 is 0 Å². The first-order valence-electron chi connectivity index (χ1n) is 18.2. The molecule has 0 atom stereocenters. The van der Waals surface area contributed by atoms with E-state index in [4.69, 9.17) is 0 Å². The lowest BCUT2D eigenvalue weighted by molar-refractivity contribution is 0.660. The van der Waals surface area contributed by atoms with Gasteiger partial charge < -0.3 is 4.90 Å². The summed E-state index contributed by atoms with van der Waals surface area (Å²) in [5.41, 5.74) is 13.9. The van der Waals surface area contributed by atoms with Crippen molar-refractivity contribution in [2.24, 2.45) is 0 Å². The van der Waals surface area contributed by atoms with E-state index in [-0.39, 0.29) is 5.41 Å². The van der Waals surface area contributed by atoms with Crippen molar-refractivity contribution < 1.29 is 0 Å². The Kier molecular flexibility index (Phi) is 6.91. The number of rotatable bonds is 5. The molecule has 9 aromatic rings. The number of benzene rings is 9. The summed E-state index contributed by atoms with van der Waals surface area (Å²) < 4.78 is 0. The van der Waals surface area contributed by atoms with E-state index < -0.39 is 0 Å². The van der Waals surface area contributed by atoms with E-state index >= 15 is 0 Å². The van der Waals surface area contributed by atoms with Gasteiger partial charge in [0, 0.05) is 21.9 Å². The van der Waals surface area contributed by atoms with Crippen LogP contribution in [0.25, 0.3) is 65.7 Å². The van der Waals surface area contributed by atoms with Crippen LogP contribution in [0.4, 0.5) is 17.1 Å². The first kappa shape index (κ1) is 30.4. The quantitative estimate of drug-likeness (QED) is 0.177. The van der Waals surface area contributed by atoms with Crippen molar-refractivity contribution in [1.82, 2.24) is 0 Å². The van der Waals surface area contributed by atoms with Gasteiger partial charge in [0.1, 0.15) is 0 Å². The molecule has 1 heteroatoms. The highest BCUT2D eigenvalue weighted by molar-refractivity contribution is 6.11. The predicted molar refractivity (Wildman–Crippen MR) is 222 cm³/mol. The smallest absolute Gasteiger partial charge is 0.0540 e. The van der Waals surface area contributed by atoms with E-state index in [0.29, 0.717) is 0 Å². The van der Waals surface area contributed by atoms with Gasteiger partial charge in [-0.1, -0.05) is 178 Å². The van der Waals surface area contributed by atoms with Crippen LogP contribution in [0.1, 0.15) is 25.0 Å². The lowest BCUT2D eigenvalue weighted by Gasteiger charge is -2.29. The SMILES string of the molecule is CC1(C)c2ccccc2-c2c(-c3ccc(N(c4ccc(-c5cccc6ccccc56)cc4)c4cccc5ccccc45)c4ccccc34)cccc21. The number of fused-ring (bicyclic) bond motifs is 6. The molecular formula is C51H37N. The minimum atomic E-state index is -0.0545. The van der Waals surface area contributed by atoms with Crippen molar-refractivity contribution in [3.63, 3.8) is 0 Å². The Morgan fingerprint density at radius 3 is 1.69 bits per heavy atom. The summed E-state index contributed by atoms with van der Waals surface area (Å²) in [6, 6.07) is 69.1. The van der Waals surface area contributed by atoms with Gasteiger partial charge >= 0.3 is 0 Å². The van der Waals surface area contributed by atoms with E-state index in [1.807, 2.05) is 0 Å². The summed E-state index contributed by atoms with van der Waals surface area (Å²) in [5.74, 6) is 0. The average Bonchev–Trinajstić information content (AvgIpc) is 3.44. The third-order valence-electron chi connectivity index (χ3n) is 11.3. The van der Waals surface area contributed by atoms with Crippen LogP contribution in [0, 0.1) is 0 Å². The molecule has 0 aliphatic heterocycles. The second-order valence-corrected chi connectivity index (χ2v) is 14.5. The number of nitrogens with zero attached hydrogens (tertiary/aromatic N) is 1. The van der Waals surface area contributed by atoms with Gasteiger partial charge in [0.2, 0.25) is 0 Å². The van der Waals surface area contributed by atoms with Crippen molar-refractivity contribution in [2.45, 2.75) is 19.3 Å². The van der Waals surface area contributed by atoms with Gasteiger partial charge in [0.15, 0.2) is 0 Å². The van der Waals surface area contributed by atoms with Crippen LogP contribution in [0.3, 0.4) is 0 Å². The molecule has 246 valence electrons. The zero-order valence-electron chi connectivity index (χ0n) is 29.3. The molecule has 0 fully saturated rings. The molecule has 0 unspecified atom stereocenters. The Morgan fingerprint density at radius 1 is 0.346 bits per heavy atom. The van der Waals surface area contributed by atoms with E-state index in [1.54, 1.807) is 0 Å². The molecule has 1 nitrogen and oxygen atoms in total. The maximum absolute atomic E-state index is 2.45. The zero-order chi connectivity index (χ0) is 34.8. The second-order valence-electron chi connectivity index (χ2n) is 14.5. The molecule has 0 saturated heterocycles. The molecular weight excluding hydrogens is 627 g/mol. The lowest BCUT2D eigenvalue weighted by Crippen LogP contribution is -2.14. The average molecular weight is 664 g/mol. The summed E-state index contributed by atoms with van der Waals surface area (Å²) in [6.07, 6.45) is 0. The Bertz CT molecular complexity index is 2810. The fourth-order valence-corrected chi connectivity index (χ4v) is 8.77. The van der Waals surface area contributed by atoms with Crippen LogP contribution in [-0.4, -0.2) is 0 Å². The fraction of sp³-hybridized carbons (Fsp3) is 0.0588. The Morgan fingerprint density at radius 2 is 0.885 bits per heavy atom. The van der Waals surface area contributed by atoms with Gasteiger partial charge in [-0.3, -0.25) is 0 Å². The summed E-state index contributed by atoms with van der Waals surface area (Å²) >= 11 is 0. The van der Waals surface area contributed by atoms with Crippen molar-refractivity contribution in [3.8, 4) is 33.4 Å². The maximum Gasteiger partial charge on any atom is 0.0540 e. The highest BCUT2D eigenvalue weighted by atomic mass is 15.1. The summed E-state index contributed by atoms with van der Waals surface area (Å²) in [7, 11) is 0. The largest absolute Gasteiger partial charge is 0.309 e. The first-order chi connectivity index (χ1) is 25.6. The molecule has 10 rings (SSSR count). The first-order valence-corrected chi connectivity index (χ1v) is 18.2. The molecule has 9 aromatic carbocycles. The van der Waals surface area contributed by atoms with Crippen LogP contribution in [0.2, 0.25) is 0 Å². The van der Waals surface area contributed by atoms with Gasteiger partial charge in [-0.15, -0.1) is 0 Å². The van der Waals surface area contributed by atoms with Gasteiger partial charge in [0.25, 0.3) is 0 Å². The molecule has 0 radical (unpaired) electrons. The molecule has 1 aliphatic rings. The molecule has 0 N–H and O–H groups in total. The van der Waals surface area contributed by atoms with Gasteiger partial charge in [-0.2, -0.15) is 0 Å². The summed E-state index contributed by atoms with van der Waals surface area (Å²) in [5, 5.41) is 7.42. The van der Waals surface area contributed by atoms with Crippen molar-refractivity contribution >= 4 is 49.4 Å². The number of hydrogen-bond acceptors (Lipinski definition) is 1. The van der Waals surface area contributed by atoms with Gasteiger partial charge in [0.05, 0.1) is 11.4 Å². The fourth-order valence-electron chi connectivity index (χ4n) is 8.77. The van der Waals surface area contributed by atoms with Crippen LogP contribution in [0.15, 0.2) is 188 Å². The van der Waals surface area contributed by atoms with Crippen LogP contribution in [-0.2, 0) is 5.41 Å². The van der Waals surface area contributed by atoms with Crippen LogP contribution in [0.5, 0.6) is 0 Å². The Labute approximate surface area is 305 Å². The molecule has 0 heterocycles. The topological polar surface area (TPSA) is 3.24 Å². The van der Waals surface area contributed by atoms with Gasteiger partial charge in [-0.25, -0.2) is 0 Å². The molecule has 0 aromatic heterocycles. The van der Waals surface area contributed by atoms with Crippen LogP contribution < -0.4 is 4.90 Å². The standard InChI is InChI=1S/C51H37N/c1-51(2)46-25-10-9-22-45(46)50-44(24-13-26-47(50)51)42-32-33-49(43-21-8-7-20-41(42)43)52(48-27-12-17-35-15-4-6-19-40(35)48)37-30-28-36(29-31-37)39-23-11-16-34-14-3-5-18-38(34)39/h3-33H,1-2H3. The maximum atomic E-state index is 2.45. The highest BCUT2D eigenvalue weighted by Gasteiger charge is 2.36. The normalized spacial score (nSPS) is 13.0.